The van der Waals surface area contributed by atoms with Crippen molar-refractivity contribution >= 4 is 27.9 Å². The van der Waals surface area contributed by atoms with Gasteiger partial charge in [0, 0.05) is 55.3 Å². The zero-order chi connectivity index (χ0) is 29.3. The molecule has 8 nitrogen and oxygen atoms in total. The number of nitrogens with zero attached hydrogens (tertiary/aromatic N) is 6. The summed E-state index contributed by atoms with van der Waals surface area (Å²) in [6.45, 7) is 7.38. The largest absolute Gasteiger partial charge is 0.444 e. The quantitative estimate of drug-likeness (QED) is 0.240. The number of hydrogen-bond donors (Lipinski definition) is 0. The van der Waals surface area contributed by atoms with Crippen molar-refractivity contribution in [1.82, 2.24) is 24.2 Å². The van der Waals surface area contributed by atoms with Crippen molar-refractivity contribution in [3.05, 3.63) is 72.4 Å². The highest BCUT2D eigenvalue weighted by Crippen LogP contribution is 2.38. The minimum atomic E-state index is -0.536. The molecule has 5 aromatic rings. The predicted molar refractivity (Wildman–Crippen MR) is 158 cm³/mol. The second-order valence-corrected chi connectivity index (χ2v) is 11.2. The van der Waals surface area contributed by atoms with E-state index in [0.717, 1.165) is 64.6 Å². The summed E-state index contributed by atoms with van der Waals surface area (Å²) in [5, 5.41) is 15.4. The van der Waals surface area contributed by atoms with Crippen LogP contribution in [0.4, 0.5) is 9.18 Å². The Balaban J connectivity index is 0.000000237. The summed E-state index contributed by atoms with van der Waals surface area (Å²) in [5.74, 6) is -0.536. The van der Waals surface area contributed by atoms with Crippen molar-refractivity contribution in [2.45, 2.75) is 39.2 Å². The lowest BCUT2D eigenvalue weighted by molar-refractivity contribution is 0.0295. The monoisotopic (exact) mass is 552 g/mol. The van der Waals surface area contributed by atoms with Gasteiger partial charge in [0.15, 0.2) is 0 Å². The normalized spacial score (nSPS) is 13.2. The van der Waals surface area contributed by atoms with E-state index in [-0.39, 0.29) is 17.3 Å². The van der Waals surface area contributed by atoms with E-state index in [0.29, 0.717) is 5.56 Å². The number of benzene rings is 2. The fraction of sp³-hybridized carbons (Fsp3) is 0.312. The molecule has 1 aliphatic heterocycles. The number of likely N-dealkylation sites (tertiary alicyclic amines) is 1. The van der Waals surface area contributed by atoms with E-state index in [1.807, 2.05) is 93.0 Å². The molecular weight excluding hydrogens is 519 g/mol. The van der Waals surface area contributed by atoms with Crippen molar-refractivity contribution in [3.8, 4) is 28.5 Å². The minimum Gasteiger partial charge on any atom is -0.444 e. The molecule has 0 saturated carbocycles. The van der Waals surface area contributed by atoms with Crippen molar-refractivity contribution in [1.29, 1.82) is 5.26 Å². The van der Waals surface area contributed by atoms with Gasteiger partial charge in [-0.1, -0.05) is 12.1 Å². The molecule has 0 radical (unpaired) electrons. The van der Waals surface area contributed by atoms with E-state index in [2.05, 4.69) is 5.10 Å². The molecule has 0 unspecified atom stereocenters. The highest BCUT2D eigenvalue weighted by atomic mass is 19.1. The molecule has 0 bridgehead atoms. The van der Waals surface area contributed by atoms with Crippen LogP contribution in [0, 0.1) is 17.1 Å². The summed E-state index contributed by atoms with van der Waals surface area (Å²) in [5.41, 5.74) is 4.87. The summed E-state index contributed by atoms with van der Waals surface area (Å²) in [6.07, 6.45) is 7.67. The fourth-order valence-electron chi connectivity index (χ4n) is 5.04. The van der Waals surface area contributed by atoms with Crippen LogP contribution in [0.15, 0.2) is 61.1 Å². The predicted octanol–water partition coefficient (Wildman–Crippen LogP) is 6.82. The van der Waals surface area contributed by atoms with Crippen molar-refractivity contribution < 1.29 is 13.9 Å². The van der Waals surface area contributed by atoms with Gasteiger partial charge < -0.3 is 14.2 Å². The van der Waals surface area contributed by atoms with Gasteiger partial charge in [0.2, 0.25) is 0 Å². The third-order valence-electron chi connectivity index (χ3n) is 7.10. The molecule has 9 heteroatoms. The van der Waals surface area contributed by atoms with E-state index in [4.69, 9.17) is 15.0 Å². The summed E-state index contributed by atoms with van der Waals surface area (Å²) in [6, 6.07) is 14.6. The van der Waals surface area contributed by atoms with Gasteiger partial charge >= 0.3 is 6.09 Å². The van der Waals surface area contributed by atoms with E-state index in [1.54, 1.807) is 11.0 Å². The Labute approximate surface area is 238 Å². The Morgan fingerprint density at radius 3 is 2.41 bits per heavy atom. The van der Waals surface area contributed by atoms with Crippen molar-refractivity contribution in [2.24, 2.45) is 14.1 Å². The van der Waals surface area contributed by atoms with Gasteiger partial charge in [-0.15, -0.1) is 0 Å². The maximum Gasteiger partial charge on any atom is 0.410 e. The number of halogens is 1. The van der Waals surface area contributed by atoms with Gasteiger partial charge in [-0.25, -0.2) is 9.18 Å². The molecule has 210 valence electrons. The molecule has 0 aliphatic carbocycles. The van der Waals surface area contributed by atoms with E-state index in [9.17, 15) is 9.18 Å². The van der Waals surface area contributed by atoms with Crippen molar-refractivity contribution in [3.63, 3.8) is 0 Å². The molecule has 6 rings (SSSR count). The van der Waals surface area contributed by atoms with E-state index >= 15 is 0 Å². The molecular formula is C32H33FN6O2. The molecule has 1 fully saturated rings. The van der Waals surface area contributed by atoms with Gasteiger partial charge in [0.1, 0.15) is 17.5 Å². The van der Waals surface area contributed by atoms with Crippen LogP contribution in [0.1, 0.15) is 39.2 Å². The van der Waals surface area contributed by atoms with Gasteiger partial charge in [-0.3, -0.25) is 9.67 Å². The zero-order valence-corrected chi connectivity index (χ0v) is 24.0. The van der Waals surface area contributed by atoms with Crippen LogP contribution >= 0.6 is 0 Å². The number of aryl methyl sites for hydroxylation is 2. The van der Waals surface area contributed by atoms with Gasteiger partial charge in [0.25, 0.3) is 0 Å². The molecule has 0 atom stereocenters. The molecule has 1 saturated heterocycles. The molecule has 0 N–H and O–H groups in total. The number of pyridine rings is 1. The molecule has 3 aromatic heterocycles. The van der Waals surface area contributed by atoms with Gasteiger partial charge in [0.05, 0.1) is 34.7 Å². The number of nitriles is 1. The smallest absolute Gasteiger partial charge is 0.410 e. The third-order valence-corrected chi connectivity index (χ3v) is 7.10. The number of hydrogen-bond acceptors (Lipinski definition) is 5. The number of carbonyl (C=O) groups excluding carboxylic acids is 1. The van der Waals surface area contributed by atoms with E-state index < -0.39 is 5.82 Å². The molecule has 4 heterocycles. The van der Waals surface area contributed by atoms with Gasteiger partial charge in [-0.05, 0) is 69.5 Å². The lowest BCUT2D eigenvalue weighted by Crippen LogP contribution is -2.34. The lowest BCUT2D eigenvalue weighted by Gasteiger charge is -2.23. The topological polar surface area (TPSA) is 89.0 Å². The van der Waals surface area contributed by atoms with Crippen LogP contribution in [0.25, 0.3) is 44.2 Å². The highest BCUT2D eigenvalue weighted by molar-refractivity contribution is 6.02. The lowest BCUT2D eigenvalue weighted by atomic mass is 9.95. The minimum absolute atomic E-state index is 0.0280. The molecule has 2 aromatic carbocycles. The van der Waals surface area contributed by atoms with Crippen molar-refractivity contribution in [2.75, 3.05) is 13.1 Å². The molecule has 41 heavy (non-hydrogen) atoms. The number of amides is 1. The standard InChI is InChI=1S/C23H16FN5.C9H17NO2/c1-28-8-7-18-21(28)13-26-23(15-5-6-20-17(9-15)12-27-29(20)2)22(18)14-3-4-16(11-25)19(24)10-14;1-9(2,3)12-8(11)10-6-4-5-7-10/h3-10,12-13H,1-2H3;4-7H2,1-3H3. The number of aromatic nitrogens is 4. The van der Waals surface area contributed by atoms with Crippen LogP contribution in [-0.2, 0) is 18.8 Å². The Morgan fingerprint density at radius 2 is 1.73 bits per heavy atom. The first-order valence-electron chi connectivity index (χ1n) is 13.6. The SMILES string of the molecule is CC(C)(C)OC(=O)N1CCCC1.Cn1ccc2c(-c3ccc(C#N)c(F)c3)c(-c3ccc4c(cnn4C)c3)ncc21. The first-order chi connectivity index (χ1) is 19.6. The number of rotatable bonds is 2. The number of carbonyl (C=O) groups is 1. The Hall–Kier alpha value is -4.71. The summed E-state index contributed by atoms with van der Waals surface area (Å²) in [7, 11) is 3.86. The number of ether oxygens (including phenoxy) is 1. The maximum atomic E-state index is 14.4. The first kappa shape index (κ1) is 27.8. The van der Waals surface area contributed by atoms with Crippen LogP contribution in [0.3, 0.4) is 0 Å². The Morgan fingerprint density at radius 1 is 1.00 bits per heavy atom. The van der Waals surface area contributed by atoms with Crippen LogP contribution in [-0.4, -0.2) is 49.0 Å². The molecule has 1 aliphatic rings. The first-order valence-corrected chi connectivity index (χ1v) is 13.6. The Bertz CT molecular complexity index is 1780. The van der Waals surface area contributed by atoms with Gasteiger partial charge in [-0.2, -0.15) is 10.4 Å². The molecule has 1 amide bonds. The van der Waals surface area contributed by atoms with Crippen LogP contribution < -0.4 is 0 Å². The average molecular weight is 553 g/mol. The summed E-state index contributed by atoms with van der Waals surface area (Å²) in [4.78, 5) is 17.9. The highest BCUT2D eigenvalue weighted by Gasteiger charge is 2.24. The Kier molecular flexibility index (Phi) is 7.50. The zero-order valence-electron chi connectivity index (χ0n) is 24.0. The van der Waals surface area contributed by atoms with E-state index in [1.165, 1.54) is 12.1 Å². The van der Waals surface area contributed by atoms with Crippen LogP contribution in [0.5, 0.6) is 0 Å². The summed E-state index contributed by atoms with van der Waals surface area (Å²) >= 11 is 0. The average Bonchev–Trinajstić information content (AvgIpc) is 3.69. The third kappa shape index (κ3) is 5.78. The maximum absolute atomic E-state index is 14.4. The second kappa shape index (κ2) is 11.0. The fourth-order valence-corrected chi connectivity index (χ4v) is 5.04. The second-order valence-electron chi connectivity index (χ2n) is 11.2. The molecule has 0 spiro atoms. The number of fused-ring (bicyclic) bond motifs is 2. The summed E-state index contributed by atoms with van der Waals surface area (Å²) < 4.78 is 23.4. The van der Waals surface area contributed by atoms with Crippen LogP contribution in [0.2, 0.25) is 0 Å².